The third-order valence-electron chi connectivity index (χ3n) is 3.52. The van der Waals surface area contributed by atoms with Crippen LogP contribution in [0.2, 0.25) is 0 Å². The molecular formula is C15H13F3N2. The van der Waals surface area contributed by atoms with Crippen LogP contribution in [0.3, 0.4) is 0 Å². The molecule has 0 atom stereocenters. The van der Waals surface area contributed by atoms with Gasteiger partial charge in [0.15, 0.2) is 17.5 Å². The average Bonchev–Trinajstić information content (AvgIpc) is 2.81. The molecule has 2 nitrogen and oxygen atoms in total. The highest BCUT2D eigenvalue weighted by Gasteiger charge is 2.17. The predicted octanol–water partition coefficient (Wildman–Crippen LogP) is 3.84. The van der Waals surface area contributed by atoms with Crippen LogP contribution in [-0.2, 0) is 6.42 Å². The third kappa shape index (κ3) is 2.09. The minimum Gasteiger partial charge on any atom is -0.374 e. The SMILES string of the molecule is CN1CCc2cc(Nc3ccc(F)c(F)c3F)ccc21. The number of hydrogen-bond donors (Lipinski definition) is 1. The Morgan fingerprint density at radius 2 is 1.85 bits per heavy atom. The molecule has 104 valence electrons. The van der Waals surface area contributed by atoms with Gasteiger partial charge in [0, 0.05) is 25.0 Å². The van der Waals surface area contributed by atoms with E-state index in [2.05, 4.69) is 10.2 Å². The summed E-state index contributed by atoms with van der Waals surface area (Å²) in [6, 6.07) is 7.72. The first-order valence-corrected chi connectivity index (χ1v) is 6.31. The summed E-state index contributed by atoms with van der Waals surface area (Å²) in [5, 5.41) is 2.78. The molecule has 1 heterocycles. The highest BCUT2D eigenvalue weighted by molar-refractivity contribution is 5.68. The molecule has 20 heavy (non-hydrogen) atoms. The molecule has 0 fully saturated rings. The van der Waals surface area contributed by atoms with Gasteiger partial charge in [-0.1, -0.05) is 0 Å². The maximum absolute atomic E-state index is 13.6. The van der Waals surface area contributed by atoms with E-state index < -0.39 is 17.5 Å². The molecule has 1 N–H and O–H groups in total. The molecule has 2 aromatic carbocycles. The van der Waals surface area contributed by atoms with E-state index in [1.807, 2.05) is 19.2 Å². The Morgan fingerprint density at radius 1 is 1.05 bits per heavy atom. The number of anilines is 3. The van der Waals surface area contributed by atoms with Crippen LogP contribution < -0.4 is 10.2 Å². The van der Waals surface area contributed by atoms with E-state index in [1.165, 1.54) is 6.07 Å². The summed E-state index contributed by atoms with van der Waals surface area (Å²) < 4.78 is 39.6. The summed E-state index contributed by atoms with van der Waals surface area (Å²) in [6.45, 7) is 0.943. The summed E-state index contributed by atoms with van der Waals surface area (Å²) in [5.74, 6) is -3.86. The Bertz CT molecular complexity index is 670. The standard InChI is InChI=1S/C15H13F3N2/c1-20-7-6-9-8-10(2-5-13(9)20)19-12-4-3-11(16)14(17)15(12)18/h2-5,8,19H,6-7H2,1H3. The van der Waals surface area contributed by atoms with Gasteiger partial charge in [0.25, 0.3) is 0 Å². The van der Waals surface area contributed by atoms with Crippen LogP contribution in [0.25, 0.3) is 0 Å². The average molecular weight is 278 g/mol. The fourth-order valence-corrected chi connectivity index (χ4v) is 2.42. The van der Waals surface area contributed by atoms with Crippen molar-refractivity contribution in [3.05, 3.63) is 53.3 Å². The second kappa shape index (κ2) is 4.74. The molecule has 1 aliphatic rings. The molecule has 3 rings (SSSR count). The number of nitrogens with one attached hydrogen (secondary N) is 1. The summed E-state index contributed by atoms with van der Waals surface area (Å²) in [5.41, 5.74) is 2.88. The van der Waals surface area contributed by atoms with Crippen molar-refractivity contribution in [2.45, 2.75) is 6.42 Å². The number of fused-ring (bicyclic) bond motifs is 1. The van der Waals surface area contributed by atoms with Gasteiger partial charge in [0.2, 0.25) is 0 Å². The van der Waals surface area contributed by atoms with Crippen molar-refractivity contribution in [1.82, 2.24) is 0 Å². The van der Waals surface area contributed by atoms with Crippen LogP contribution in [0.15, 0.2) is 30.3 Å². The lowest BCUT2D eigenvalue weighted by Gasteiger charge is -2.13. The van der Waals surface area contributed by atoms with Crippen LogP contribution in [0, 0.1) is 17.5 Å². The molecule has 5 heteroatoms. The van der Waals surface area contributed by atoms with E-state index in [9.17, 15) is 13.2 Å². The van der Waals surface area contributed by atoms with Gasteiger partial charge in [-0.05, 0) is 42.3 Å². The van der Waals surface area contributed by atoms with Gasteiger partial charge in [-0.3, -0.25) is 0 Å². The molecular weight excluding hydrogens is 265 g/mol. The van der Waals surface area contributed by atoms with E-state index in [-0.39, 0.29) is 5.69 Å². The third-order valence-corrected chi connectivity index (χ3v) is 3.52. The summed E-state index contributed by atoms with van der Waals surface area (Å²) in [6.07, 6.45) is 0.918. The van der Waals surface area contributed by atoms with Gasteiger partial charge in [-0.2, -0.15) is 0 Å². The highest BCUT2D eigenvalue weighted by atomic mass is 19.2. The largest absolute Gasteiger partial charge is 0.374 e. The first-order valence-electron chi connectivity index (χ1n) is 6.31. The van der Waals surface area contributed by atoms with Crippen LogP contribution in [0.5, 0.6) is 0 Å². The summed E-state index contributed by atoms with van der Waals surface area (Å²) in [7, 11) is 2.01. The van der Waals surface area contributed by atoms with Gasteiger partial charge >= 0.3 is 0 Å². The van der Waals surface area contributed by atoms with Crippen LogP contribution in [0.4, 0.5) is 30.2 Å². The zero-order chi connectivity index (χ0) is 14.3. The van der Waals surface area contributed by atoms with Crippen molar-refractivity contribution in [2.24, 2.45) is 0 Å². The Kier molecular flexibility index (Phi) is 3.04. The van der Waals surface area contributed by atoms with Crippen molar-refractivity contribution >= 4 is 17.1 Å². The molecule has 0 bridgehead atoms. The van der Waals surface area contributed by atoms with Crippen LogP contribution in [0.1, 0.15) is 5.56 Å². The number of nitrogens with zero attached hydrogens (tertiary/aromatic N) is 1. The van der Waals surface area contributed by atoms with Crippen molar-refractivity contribution in [2.75, 3.05) is 23.8 Å². The predicted molar refractivity (Wildman–Crippen MR) is 73.0 cm³/mol. The fraction of sp³-hybridized carbons (Fsp3) is 0.200. The lowest BCUT2D eigenvalue weighted by Crippen LogP contribution is -2.12. The Balaban J connectivity index is 1.91. The maximum atomic E-state index is 13.6. The minimum atomic E-state index is -1.46. The van der Waals surface area contributed by atoms with Crippen molar-refractivity contribution in [1.29, 1.82) is 0 Å². The molecule has 0 aromatic heterocycles. The van der Waals surface area contributed by atoms with E-state index in [4.69, 9.17) is 0 Å². The molecule has 0 spiro atoms. The monoisotopic (exact) mass is 278 g/mol. The highest BCUT2D eigenvalue weighted by Crippen LogP contribution is 2.31. The van der Waals surface area contributed by atoms with Gasteiger partial charge in [0.05, 0.1) is 5.69 Å². The molecule has 1 aliphatic heterocycles. The second-order valence-corrected chi connectivity index (χ2v) is 4.86. The van der Waals surface area contributed by atoms with Crippen molar-refractivity contribution < 1.29 is 13.2 Å². The van der Waals surface area contributed by atoms with Gasteiger partial charge in [0.1, 0.15) is 0 Å². The van der Waals surface area contributed by atoms with Crippen LogP contribution >= 0.6 is 0 Å². The van der Waals surface area contributed by atoms with E-state index in [1.54, 1.807) is 6.07 Å². The van der Waals surface area contributed by atoms with Crippen LogP contribution in [-0.4, -0.2) is 13.6 Å². The normalized spacial score (nSPS) is 13.5. The summed E-state index contributed by atoms with van der Waals surface area (Å²) >= 11 is 0. The van der Waals surface area contributed by atoms with Gasteiger partial charge < -0.3 is 10.2 Å². The topological polar surface area (TPSA) is 15.3 Å². The van der Waals surface area contributed by atoms with E-state index >= 15 is 0 Å². The van der Waals surface area contributed by atoms with E-state index in [0.717, 1.165) is 30.3 Å². The number of benzene rings is 2. The van der Waals surface area contributed by atoms with Crippen molar-refractivity contribution in [3.8, 4) is 0 Å². The first-order chi connectivity index (χ1) is 9.56. The zero-order valence-corrected chi connectivity index (χ0v) is 10.9. The molecule has 2 aromatic rings. The zero-order valence-electron chi connectivity index (χ0n) is 10.9. The van der Waals surface area contributed by atoms with Gasteiger partial charge in [-0.15, -0.1) is 0 Å². The number of hydrogen-bond acceptors (Lipinski definition) is 2. The molecule has 0 unspecified atom stereocenters. The maximum Gasteiger partial charge on any atom is 0.196 e. The molecule has 0 saturated carbocycles. The van der Waals surface area contributed by atoms with Crippen molar-refractivity contribution in [3.63, 3.8) is 0 Å². The Hall–Kier alpha value is -2.17. The minimum absolute atomic E-state index is 0.0739. The van der Waals surface area contributed by atoms with E-state index in [0.29, 0.717) is 5.69 Å². The lowest BCUT2D eigenvalue weighted by molar-refractivity contribution is 0.449. The second-order valence-electron chi connectivity index (χ2n) is 4.86. The lowest BCUT2D eigenvalue weighted by atomic mass is 10.1. The fourth-order valence-electron chi connectivity index (χ4n) is 2.42. The Morgan fingerprint density at radius 3 is 2.65 bits per heavy atom. The smallest absolute Gasteiger partial charge is 0.196 e. The number of likely N-dealkylation sites (N-methyl/N-ethyl adjacent to an activating group) is 1. The van der Waals surface area contributed by atoms with Gasteiger partial charge in [-0.25, -0.2) is 13.2 Å². The molecule has 0 amide bonds. The first kappa shape index (κ1) is 12.8. The molecule has 0 saturated heterocycles. The number of halogens is 3. The summed E-state index contributed by atoms with van der Waals surface area (Å²) in [4.78, 5) is 2.14. The quantitative estimate of drug-likeness (QED) is 0.840. The number of rotatable bonds is 2. The molecule has 0 aliphatic carbocycles. The molecule has 0 radical (unpaired) electrons. The Labute approximate surface area is 114 Å².